The molecule has 1 aromatic heterocycles. The first-order valence-electron chi connectivity index (χ1n) is 8.39. The van der Waals surface area contributed by atoms with Crippen molar-refractivity contribution in [3.05, 3.63) is 58.1 Å². The first-order chi connectivity index (χ1) is 13.5. The van der Waals surface area contributed by atoms with Gasteiger partial charge >= 0.3 is 5.97 Å². The van der Waals surface area contributed by atoms with Crippen LogP contribution in [0.5, 0.6) is 17.4 Å². The number of aromatic nitrogens is 2. The van der Waals surface area contributed by atoms with Crippen molar-refractivity contribution in [1.82, 2.24) is 9.97 Å². The van der Waals surface area contributed by atoms with Gasteiger partial charge in [0.15, 0.2) is 5.82 Å². The summed E-state index contributed by atoms with van der Waals surface area (Å²) in [7, 11) is 1.61. The van der Waals surface area contributed by atoms with Gasteiger partial charge < -0.3 is 14.6 Å². The number of fused-ring (bicyclic) bond motifs is 2. The molecule has 0 atom stereocenters. The standard InChI is InChI=1S/C20H15BrN2O4S/c1-26-14-5-2-11(3-6-14)18-22-19-15(20(23-18)28-10-17(24)25)9-12-8-13(21)4-7-16(12)27-19/h2-8H,9-10H2,1H3,(H,24,25). The van der Waals surface area contributed by atoms with Crippen LogP contribution in [0.25, 0.3) is 11.4 Å². The molecule has 0 spiro atoms. The van der Waals surface area contributed by atoms with E-state index in [1.807, 2.05) is 42.5 Å². The zero-order chi connectivity index (χ0) is 19.7. The molecule has 0 saturated heterocycles. The second-order valence-corrected chi connectivity index (χ2v) is 7.96. The molecule has 28 heavy (non-hydrogen) atoms. The quantitative estimate of drug-likeness (QED) is 0.340. The van der Waals surface area contributed by atoms with Crippen LogP contribution < -0.4 is 9.47 Å². The maximum Gasteiger partial charge on any atom is 0.313 e. The molecule has 0 amide bonds. The van der Waals surface area contributed by atoms with Gasteiger partial charge in [-0.05, 0) is 42.5 Å². The largest absolute Gasteiger partial charge is 0.497 e. The van der Waals surface area contributed by atoms with Crippen LogP contribution in [-0.2, 0) is 11.2 Å². The molecule has 8 heteroatoms. The SMILES string of the molecule is COc1ccc(-c2nc3c(c(SCC(=O)O)n2)Cc2cc(Br)ccc2O3)cc1. The highest BCUT2D eigenvalue weighted by Gasteiger charge is 2.24. The molecule has 3 aromatic rings. The number of ether oxygens (including phenoxy) is 2. The normalized spacial score (nSPS) is 11.9. The summed E-state index contributed by atoms with van der Waals surface area (Å²) in [6.45, 7) is 0. The summed E-state index contributed by atoms with van der Waals surface area (Å²) in [4.78, 5) is 20.3. The van der Waals surface area contributed by atoms with E-state index in [1.54, 1.807) is 7.11 Å². The van der Waals surface area contributed by atoms with Crippen LogP contribution in [0.4, 0.5) is 0 Å². The summed E-state index contributed by atoms with van der Waals surface area (Å²) in [6, 6.07) is 13.2. The predicted molar refractivity (Wildman–Crippen MR) is 109 cm³/mol. The number of thioether (sulfide) groups is 1. The van der Waals surface area contributed by atoms with Crippen molar-refractivity contribution in [3.8, 4) is 28.8 Å². The molecule has 6 nitrogen and oxygen atoms in total. The van der Waals surface area contributed by atoms with Gasteiger partial charge in [0.05, 0.1) is 18.4 Å². The van der Waals surface area contributed by atoms with Gasteiger partial charge in [-0.1, -0.05) is 27.7 Å². The van der Waals surface area contributed by atoms with Crippen molar-refractivity contribution in [2.24, 2.45) is 0 Å². The van der Waals surface area contributed by atoms with Crippen molar-refractivity contribution in [2.75, 3.05) is 12.9 Å². The fraction of sp³-hybridized carbons (Fsp3) is 0.150. The van der Waals surface area contributed by atoms with E-state index in [0.717, 1.165) is 32.7 Å². The highest BCUT2D eigenvalue weighted by atomic mass is 79.9. The molecular weight excluding hydrogens is 444 g/mol. The minimum atomic E-state index is -0.900. The Labute approximate surface area is 174 Å². The Bertz CT molecular complexity index is 1060. The molecule has 142 valence electrons. The molecular formula is C20H15BrN2O4S. The maximum absolute atomic E-state index is 11.1. The van der Waals surface area contributed by atoms with Crippen LogP contribution in [0.1, 0.15) is 11.1 Å². The molecule has 0 bridgehead atoms. The van der Waals surface area contributed by atoms with Gasteiger partial charge in [-0.15, -0.1) is 0 Å². The zero-order valence-corrected chi connectivity index (χ0v) is 17.2. The van der Waals surface area contributed by atoms with E-state index < -0.39 is 5.97 Å². The number of hydrogen-bond donors (Lipinski definition) is 1. The Morgan fingerprint density at radius 2 is 2.04 bits per heavy atom. The molecule has 1 aliphatic rings. The van der Waals surface area contributed by atoms with Gasteiger partial charge in [0.25, 0.3) is 0 Å². The van der Waals surface area contributed by atoms with Crippen LogP contribution in [-0.4, -0.2) is 33.9 Å². The Balaban J connectivity index is 1.78. The second-order valence-electron chi connectivity index (χ2n) is 6.08. The van der Waals surface area contributed by atoms with Crippen molar-refractivity contribution in [1.29, 1.82) is 0 Å². The monoisotopic (exact) mass is 458 g/mol. The zero-order valence-electron chi connectivity index (χ0n) is 14.8. The lowest BCUT2D eigenvalue weighted by molar-refractivity contribution is -0.133. The van der Waals surface area contributed by atoms with Gasteiger partial charge in [-0.25, -0.2) is 4.98 Å². The lowest BCUT2D eigenvalue weighted by Gasteiger charge is -2.22. The predicted octanol–water partition coefficient (Wildman–Crippen LogP) is 4.79. The second kappa shape index (κ2) is 7.81. The third-order valence-electron chi connectivity index (χ3n) is 4.21. The number of rotatable bonds is 5. The summed E-state index contributed by atoms with van der Waals surface area (Å²) in [5, 5.41) is 9.72. The maximum atomic E-state index is 11.1. The Kier molecular flexibility index (Phi) is 5.23. The fourth-order valence-electron chi connectivity index (χ4n) is 2.88. The molecule has 0 fully saturated rings. The minimum absolute atomic E-state index is 0.0865. The van der Waals surface area contributed by atoms with Crippen molar-refractivity contribution < 1.29 is 19.4 Å². The number of aliphatic carboxylic acids is 1. The van der Waals surface area contributed by atoms with E-state index in [1.165, 1.54) is 11.8 Å². The Morgan fingerprint density at radius 1 is 1.25 bits per heavy atom. The van der Waals surface area contributed by atoms with Crippen LogP contribution in [0.2, 0.25) is 0 Å². The lowest BCUT2D eigenvalue weighted by atomic mass is 10.0. The molecule has 0 unspecified atom stereocenters. The summed E-state index contributed by atoms with van der Waals surface area (Å²) in [5.74, 6) is 1.43. The Hall–Kier alpha value is -2.58. The van der Waals surface area contributed by atoms with E-state index in [4.69, 9.17) is 14.6 Å². The first kappa shape index (κ1) is 18.8. The van der Waals surface area contributed by atoms with Crippen LogP contribution in [0.15, 0.2) is 52.0 Å². The number of carbonyl (C=O) groups is 1. The highest BCUT2D eigenvalue weighted by molar-refractivity contribution is 9.10. The molecule has 1 N–H and O–H groups in total. The fourth-order valence-corrected chi connectivity index (χ4v) is 4.03. The van der Waals surface area contributed by atoms with Gasteiger partial charge in [-0.3, -0.25) is 4.79 Å². The molecule has 0 saturated carbocycles. The van der Waals surface area contributed by atoms with Crippen molar-refractivity contribution in [2.45, 2.75) is 11.4 Å². The van der Waals surface area contributed by atoms with E-state index >= 15 is 0 Å². The van der Waals surface area contributed by atoms with Gasteiger partial charge in [-0.2, -0.15) is 4.98 Å². The molecule has 0 aliphatic carbocycles. The van der Waals surface area contributed by atoms with E-state index in [2.05, 4.69) is 25.9 Å². The molecule has 2 heterocycles. The number of nitrogens with zero attached hydrogens (tertiary/aromatic N) is 2. The van der Waals surface area contributed by atoms with E-state index in [-0.39, 0.29) is 5.75 Å². The number of carboxylic acids is 1. The highest BCUT2D eigenvalue weighted by Crippen LogP contribution is 2.41. The first-order valence-corrected chi connectivity index (χ1v) is 10.2. The third-order valence-corrected chi connectivity index (χ3v) is 5.70. The average Bonchev–Trinajstić information content (AvgIpc) is 2.70. The Morgan fingerprint density at radius 3 is 2.75 bits per heavy atom. The van der Waals surface area contributed by atoms with Gasteiger partial charge in [0.1, 0.15) is 16.5 Å². The molecule has 1 aliphatic heterocycles. The summed E-state index contributed by atoms with van der Waals surface area (Å²) in [5.41, 5.74) is 2.60. The van der Waals surface area contributed by atoms with Crippen LogP contribution in [0, 0.1) is 0 Å². The number of carboxylic acid groups (broad SMARTS) is 1. The van der Waals surface area contributed by atoms with Crippen LogP contribution >= 0.6 is 27.7 Å². The van der Waals surface area contributed by atoms with Gasteiger partial charge in [0, 0.05) is 22.0 Å². The lowest BCUT2D eigenvalue weighted by Crippen LogP contribution is -2.10. The van der Waals surface area contributed by atoms with E-state index in [0.29, 0.717) is 23.2 Å². The molecule has 0 radical (unpaired) electrons. The van der Waals surface area contributed by atoms with E-state index in [9.17, 15) is 4.79 Å². The van der Waals surface area contributed by atoms with Crippen molar-refractivity contribution >= 4 is 33.7 Å². The topological polar surface area (TPSA) is 81.5 Å². The van der Waals surface area contributed by atoms with Crippen molar-refractivity contribution in [3.63, 3.8) is 0 Å². The third kappa shape index (κ3) is 3.83. The molecule has 2 aromatic carbocycles. The van der Waals surface area contributed by atoms with Crippen LogP contribution in [0.3, 0.4) is 0 Å². The summed E-state index contributed by atoms with van der Waals surface area (Å²) < 4.78 is 12.2. The smallest absolute Gasteiger partial charge is 0.313 e. The average molecular weight is 459 g/mol. The number of benzene rings is 2. The number of halogens is 1. The minimum Gasteiger partial charge on any atom is -0.497 e. The summed E-state index contributed by atoms with van der Waals surface area (Å²) >= 11 is 4.64. The molecule has 4 rings (SSSR count). The number of methoxy groups -OCH3 is 1. The summed E-state index contributed by atoms with van der Waals surface area (Å²) in [6.07, 6.45) is 0.578. The van der Waals surface area contributed by atoms with Gasteiger partial charge in [0.2, 0.25) is 5.88 Å². The number of hydrogen-bond acceptors (Lipinski definition) is 6.